The summed E-state index contributed by atoms with van der Waals surface area (Å²) in [6.45, 7) is 8.47. The van der Waals surface area contributed by atoms with E-state index in [9.17, 15) is 9.59 Å². The minimum absolute atomic E-state index is 0.0274. The van der Waals surface area contributed by atoms with Crippen LogP contribution >= 0.6 is 0 Å². The van der Waals surface area contributed by atoms with E-state index in [4.69, 9.17) is 0 Å². The number of Topliss-reactive ketones (excluding diaryl/α,β-unsaturated/α-hetero) is 1. The molecule has 1 rings (SSSR count). The van der Waals surface area contributed by atoms with E-state index in [1.807, 2.05) is 20.9 Å². The van der Waals surface area contributed by atoms with E-state index < -0.39 is 0 Å². The quantitative estimate of drug-likeness (QED) is 0.778. The van der Waals surface area contributed by atoms with Gasteiger partial charge in [-0.25, -0.2) is 0 Å². The average Bonchev–Trinajstić information content (AvgIpc) is 2.45. The molecule has 20 heavy (non-hydrogen) atoms. The molecular weight excluding hydrogens is 252 g/mol. The number of carbonyl (C=O) groups excluding carboxylic acids is 2. The van der Waals surface area contributed by atoms with Gasteiger partial charge < -0.3 is 10.2 Å². The molecule has 0 radical (unpaired) electrons. The molecular formula is C16H30N2O2. The van der Waals surface area contributed by atoms with Gasteiger partial charge in [-0.2, -0.15) is 0 Å². The number of carbonyl (C=O) groups is 2. The highest BCUT2D eigenvalue weighted by atomic mass is 16.2. The van der Waals surface area contributed by atoms with E-state index >= 15 is 0 Å². The number of nitrogens with zero attached hydrogens (tertiary/aromatic N) is 1. The number of hydrogen-bond donors (Lipinski definition) is 1. The molecule has 0 unspecified atom stereocenters. The smallest absolute Gasteiger partial charge is 0.223 e. The highest BCUT2D eigenvalue weighted by Gasteiger charge is 2.36. The average molecular weight is 282 g/mol. The minimum Gasteiger partial charge on any atom is -0.355 e. The van der Waals surface area contributed by atoms with Crippen LogP contribution in [0.4, 0.5) is 0 Å². The van der Waals surface area contributed by atoms with Crippen molar-refractivity contribution in [3.05, 3.63) is 0 Å². The standard InChI is InChI=1S/C16H30N2O2/c1-5-18(4)11-10-17-16(20)14-9-7-6-8-13(14)15(19)12(2)3/h12-14H,5-11H2,1-4H3,(H,17,20)/t13-,14+/m0/s1. The predicted octanol–water partition coefficient (Wildman–Crippen LogP) is 2.09. The number of nitrogens with one attached hydrogen (secondary N) is 1. The largest absolute Gasteiger partial charge is 0.355 e. The maximum absolute atomic E-state index is 12.3. The van der Waals surface area contributed by atoms with Gasteiger partial charge in [-0.1, -0.05) is 33.6 Å². The molecule has 116 valence electrons. The second-order valence-electron chi connectivity index (χ2n) is 6.24. The van der Waals surface area contributed by atoms with Gasteiger partial charge in [0.1, 0.15) is 5.78 Å². The lowest BCUT2D eigenvalue weighted by molar-refractivity contribution is -0.137. The van der Waals surface area contributed by atoms with Crippen molar-refractivity contribution in [2.75, 3.05) is 26.7 Å². The van der Waals surface area contributed by atoms with Crippen molar-refractivity contribution < 1.29 is 9.59 Å². The van der Waals surface area contributed by atoms with Gasteiger partial charge in [0.2, 0.25) is 5.91 Å². The zero-order chi connectivity index (χ0) is 15.1. The summed E-state index contributed by atoms with van der Waals surface area (Å²) in [4.78, 5) is 26.7. The van der Waals surface area contributed by atoms with Crippen LogP contribution in [0.5, 0.6) is 0 Å². The summed E-state index contributed by atoms with van der Waals surface area (Å²) >= 11 is 0. The Bertz CT molecular complexity index is 328. The molecule has 0 aromatic rings. The molecule has 1 fully saturated rings. The zero-order valence-electron chi connectivity index (χ0n) is 13.4. The highest BCUT2D eigenvalue weighted by molar-refractivity contribution is 5.89. The fourth-order valence-electron chi connectivity index (χ4n) is 2.87. The minimum atomic E-state index is -0.106. The van der Waals surface area contributed by atoms with Crippen molar-refractivity contribution >= 4 is 11.7 Å². The molecule has 0 spiro atoms. The number of rotatable bonds is 7. The SMILES string of the molecule is CCN(C)CCNC(=O)[C@@H]1CCCC[C@@H]1C(=O)C(C)C. The van der Waals surface area contributed by atoms with Crippen LogP contribution in [0.2, 0.25) is 0 Å². The predicted molar refractivity (Wildman–Crippen MR) is 81.5 cm³/mol. The third-order valence-electron chi connectivity index (χ3n) is 4.37. The summed E-state index contributed by atoms with van der Waals surface area (Å²) < 4.78 is 0. The Morgan fingerprint density at radius 2 is 1.80 bits per heavy atom. The van der Waals surface area contributed by atoms with Crippen molar-refractivity contribution in [2.45, 2.75) is 46.5 Å². The molecule has 4 nitrogen and oxygen atoms in total. The van der Waals surface area contributed by atoms with E-state index in [0.717, 1.165) is 38.8 Å². The molecule has 4 heteroatoms. The summed E-state index contributed by atoms with van der Waals surface area (Å²) in [5, 5.41) is 3.01. The highest BCUT2D eigenvalue weighted by Crippen LogP contribution is 2.32. The number of amides is 1. The van der Waals surface area contributed by atoms with E-state index in [1.165, 1.54) is 0 Å². The zero-order valence-corrected chi connectivity index (χ0v) is 13.4. The Balaban J connectivity index is 2.52. The summed E-state index contributed by atoms with van der Waals surface area (Å²) in [5.41, 5.74) is 0. The van der Waals surface area contributed by atoms with E-state index in [-0.39, 0.29) is 29.4 Å². The van der Waals surface area contributed by atoms with Crippen molar-refractivity contribution in [1.82, 2.24) is 10.2 Å². The van der Waals surface area contributed by atoms with Crippen LogP contribution in [0.1, 0.15) is 46.5 Å². The first-order valence-corrected chi connectivity index (χ1v) is 7.97. The first-order chi connectivity index (χ1) is 9.47. The van der Waals surface area contributed by atoms with Gasteiger partial charge >= 0.3 is 0 Å². The second-order valence-corrected chi connectivity index (χ2v) is 6.24. The van der Waals surface area contributed by atoms with Gasteiger partial charge in [0.05, 0.1) is 0 Å². The summed E-state index contributed by atoms with van der Waals surface area (Å²) in [7, 11) is 2.04. The Kier molecular flexibility index (Phi) is 7.20. The molecule has 2 atom stereocenters. The van der Waals surface area contributed by atoms with Gasteiger partial charge in [0.25, 0.3) is 0 Å². The van der Waals surface area contributed by atoms with Crippen molar-refractivity contribution in [3.63, 3.8) is 0 Å². The van der Waals surface area contributed by atoms with Gasteiger partial charge in [0.15, 0.2) is 0 Å². The van der Waals surface area contributed by atoms with Crippen molar-refractivity contribution in [1.29, 1.82) is 0 Å². The number of ketones is 1. The third kappa shape index (κ3) is 4.89. The lowest BCUT2D eigenvalue weighted by atomic mass is 9.74. The molecule has 0 aromatic heterocycles. The fraction of sp³-hybridized carbons (Fsp3) is 0.875. The maximum Gasteiger partial charge on any atom is 0.223 e. The third-order valence-corrected chi connectivity index (χ3v) is 4.37. The monoisotopic (exact) mass is 282 g/mol. The second kappa shape index (κ2) is 8.40. The van der Waals surface area contributed by atoms with Gasteiger partial charge in [-0.15, -0.1) is 0 Å². The van der Waals surface area contributed by atoms with Crippen LogP contribution in [0.25, 0.3) is 0 Å². The normalized spacial score (nSPS) is 23.1. The van der Waals surface area contributed by atoms with Crippen LogP contribution in [-0.2, 0) is 9.59 Å². The van der Waals surface area contributed by atoms with Crippen molar-refractivity contribution in [2.24, 2.45) is 17.8 Å². The fourth-order valence-corrected chi connectivity index (χ4v) is 2.87. The molecule has 0 heterocycles. The Labute approximate surface area is 123 Å². The topological polar surface area (TPSA) is 49.4 Å². The maximum atomic E-state index is 12.3. The van der Waals surface area contributed by atoms with Crippen LogP contribution in [-0.4, -0.2) is 43.3 Å². The molecule has 0 bridgehead atoms. The summed E-state index contributed by atoms with van der Waals surface area (Å²) in [5.74, 6) is 0.196. The first-order valence-electron chi connectivity index (χ1n) is 7.97. The molecule has 1 aliphatic rings. The van der Waals surface area contributed by atoms with Gasteiger partial charge in [-0.05, 0) is 26.4 Å². The molecule has 0 saturated heterocycles. The van der Waals surface area contributed by atoms with Crippen LogP contribution in [0, 0.1) is 17.8 Å². The summed E-state index contributed by atoms with van der Waals surface area (Å²) in [6.07, 6.45) is 3.88. The first kappa shape index (κ1) is 17.2. The Hall–Kier alpha value is -0.900. The number of hydrogen-bond acceptors (Lipinski definition) is 3. The van der Waals surface area contributed by atoms with Gasteiger partial charge in [0, 0.05) is 30.8 Å². The molecule has 0 aromatic carbocycles. The Morgan fingerprint density at radius 1 is 1.20 bits per heavy atom. The van der Waals surface area contributed by atoms with Crippen LogP contribution < -0.4 is 5.32 Å². The van der Waals surface area contributed by atoms with E-state index in [2.05, 4.69) is 17.1 Å². The van der Waals surface area contributed by atoms with Crippen molar-refractivity contribution in [3.8, 4) is 0 Å². The van der Waals surface area contributed by atoms with Crippen LogP contribution in [0.3, 0.4) is 0 Å². The van der Waals surface area contributed by atoms with E-state index in [0.29, 0.717) is 6.54 Å². The molecule has 1 saturated carbocycles. The lowest BCUT2D eigenvalue weighted by Crippen LogP contribution is -2.42. The molecule has 1 N–H and O–H groups in total. The lowest BCUT2D eigenvalue weighted by Gasteiger charge is -2.30. The summed E-state index contributed by atoms with van der Waals surface area (Å²) in [6, 6.07) is 0. The Morgan fingerprint density at radius 3 is 2.35 bits per heavy atom. The van der Waals surface area contributed by atoms with E-state index in [1.54, 1.807) is 0 Å². The molecule has 0 aliphatic heterocycles. The number of likely N-dealkylation sites (N-methyl/N-ethyl adjacent to an activating group) is 1. The van der Waals surface area contributed by atoms with Gasteiger partial charge in [-0.3, -0.25) is 9.59 Å². The molecule has 1 amide bonds. The van der Waals surface area contributed by atoms with Crippen LogP contribution in [0.15, 0.2) is 0 Å². The molecule has 1 aliphatic carbocycles.